The van der Waals surface area contributed by atoms with Crippen molar-refractivity contribution in [3.05, 3.63) is 34.3 Å². The Kier molecular flexibility index (Phi) is 2.94. The number of hydrogen-bond donors (Lipinski definition) is 1. The highest BCUT2D eigenvalue weighted by Crippen LogP contribution is 2.47. The Balaban J connectivity index is 2.18. The van der Waals surface area contributed by atoms with Gasteiger partial charge in [-0.3, -0.25) is 4.79 Å². The zero-order valence-electron chi connectivity index (χ0n) is 8.72. The van der Waals surface area contributed by atoms with E-state index in [2.05, 4.69) is 21.2 Å². The van der Waals surface area contributed by atoms with E-state index in [1.54, 1.807) is 0 Å². The fourth-order valence-electron chi connectivity index (χ4n) is 1.88. The van der Waals surface area contributed by atoms with Gasteiger partial charge in [0.05, 0.1) is 0 Å². The molecule has 0 aromatic heterocycles. The maximum absolute atomic E-state index is 12.2. The molecule has 1 aliphatic carbocycles. The second-order valence-electron chi connectivity index (χ2n) is 4.15. The number of hydrogen-bond acceptors (Lipinski definition) is 2. The van der Waals surface area contributed by atoms with Crippen LogP contribution in [0.25, 0.3) is 0 Å². The Labute approximate surface area is 98.2 Å². The highest BCUT2D eigenvalue weighted by molar-refractivity contribution is 9.10. The van der Waals surface area contributed by atoms with Crippen molar-refractivity contribution in [3.8, 4) is 0 Å². The third-order valence-electron chi connectivity index (χ3n) is 2.96. The summed E-state index contributed by atoms with van der Waals surface area (Å²) < 4.78 is 1.01. The Morgan fingerprint density at radius 2 is 2.00 bits per heavy atom. The van der Waals surface area contributed by atoms with Crippen LogP contribution in [0, 0.1) is 5.41 Å². The van der Waals surface area contributed by atoms with E-state index in [9.17, 15) is 4.79 Å². The minimum atomic E-state index is -0.109. The molecule has 1 saturated carbocycles. The molecular weight excluding hydrogens is 254 g/mol. The van der Waals surface area contributed by atoms with Gasteiger partial charge in [0.15, 0.2) is 5.78 Å². The van der Waals surface area contributed by atoms with Gasteiger partial charge >= 0.3 is 0 Å². The molecule has 0 amide bonds. The van der Waals surface area contributed by atoms with Gasteiger partial charge in [0.2, 0.25) is 0 Å². The average Bonchev–Trinajstić information content (AvgIpc) is 3.00. The molecule has 1 aromatic rings. The predicted octanol–water partition coefficient (Wildman–Crippen LogP) is 2.63. The Hall–Kier alpha value is -0.670. The fraction of sp³-hybridized carbons (Fsp3) is 0.417. The summed E-state index contributed by atoms with van der Waals surface area (Å²) in [5.74, 6) is 0.282. The zero-order chi connectivity index (χ0) is 10.9. The van der Waals surface area contributed by atoms with Gasteiger partial charge in [-0.25, -0.2) is 0 Å². The average molecular weight is 268 g/mol. The SMILES string of the molecule is CNCC1(C(=O)c2ccc(Br)cc2)CC1. The number of halogens is 1. The van der Waals surface area contributed by atoms with Crippen molar-refractivity contribution in [2.45, 2.75) is 12.8 Å². The van der Waals surface area contributed by atoms with Crippen molar-refractivity contribution in [3.63, 3.8) is 0 Å². The van der Waals surface area contributed by atoms with Crippen LogP contribution in [0.5, 0.6) is 0 Å². The van der Waals surface area contributed by atoms with Crippen LogP contribution >= 0.6 is 15.9 Å². The van der Waals surface area contributed by atoms with E-state index in [-0.39, 0.29) is 11.2 Å². The lowest BCUT2D eigenvalue weighted by Gasteiger charge is -2.13. The first kappa shape index (κ1) is 10.8. The highest BCUT2D eigenvalue weighted by atomic mass is 79.9. The molecular formula is C12H14BrNO. The normalized spacial score (nSPS) is 17.5. The van der Waals surface area contributed by atoms with E-state index < -0.39 is 0 Å². The standard InChI is InChI=1S/C12H14BrNO/c1-14-8-12(6-7-12)11(15)9-2-4-10(13)5-3-9/h2-5,14H,6-8H2,1H3. The maximum atomic E-state index is 12.2. The molecule has 1 aromatic carbocycles. The molecule has 0 atom stereocenters. The van der Waals surface area contributed by atoms with E-state index >= 15 is 0 Å². The van der Waals surface area contributed by atoms with Crippen LogP contribution in [-0.4, -0.2) is 19.4 Å². The zero-order valence-corrected chi connectivity index (χ0v) is 10.3. The molecule has 3 heteroatoms. The lowest BCUT2D eigenvalue weighted by atomic mass is 9.95. The van der Waals surface area contributed by atoms with Crippen molar-refractivity contribution >= 4 is 21.7 Å². The summed E-state index contributed by atoms with van der Waals surface area (Å²) in [6.45, 7) is 0.794. The van der Waals surface area contributed by atoms with Crippen molar-refractivity contribution in [1.82, 2.24) is 5.32 Å². The van der Waals surface area contributed by atoms with Gasteiger partial charge in [0, 0.05) is 22.0 Å². The second kappa shape index (κ2) is 4.06. The molecule has 15 heavy (non-hydrogen) atoms. The third-order valence-corrected chi connectivity index (χ3v) is 3.49. The largest absolute Gasteiger partial charge is 0.319 e. The second-order valence-corrected chi connectivity index (χ2v) is 5.06. The van der Waals surface area contributed by atoms with E-state index in [4.69, 9.17) is 0 Å². The van der Waals surface area contributed by atoms with E-state index in [1.165, 1.54) is 0 Å². The number of nitrogens with one attached hydrogen (secondary N) is 1. The minimum Gasteiger partial charge on any atom is -0.319 e. The molecule has 0 unspecified atom stereocenters. The number of carbonyl (C=O) groups excluding carboxylic acids is 1. The number of benzene rings is 1. The molecule has 2 nitrogen and oxygen atoms in total. The van der Waals surface area contributed by atoms with Crippen LogP contribution in [-0.2, 0) is 0 Å². The van der Waals surface area contributed by atoms with Crippen LogP contribution in [0.2, 0.25) is 0 Å². The predicted molar refractivity (Wildman–Crippen MR) is 64.1 cm³/mol. The van der Waals surface area contributed by atoms with E-state index in [1.807, 2.05) is 31.3 Å². The van der Waals surface area contributed by atoms with Gasteiger partial charge in [-0.1, -0.05) is 28.1 Å². The van der Waals surface area contributed by atoms with E-state index in [0.29, 0.717) is 0 Å². The molecule has 0 bridgehead atoms. The van der Waals surface area contributed by atoms with Gasteiger partial charge in [-0.05, 0) is 32.0 Å². The van der Waals surface area contributed by atoms with Crippen LogP contribution in [0.15, 0.2) is 28.7 Å². The summed E-state index contributed by atoms with van der Waals surface area (Å²) in [6.07, 6.45) is 2.03. The third kappa shape index (κ3) is 2.13. The van der Waals surface area contributed by atoms with Crippen LogP contribution in [0.3, 0.4) is 0 Å². The molecule has 0 radical (unpaired) electrons. The number of Topliss-reactive ketones (excluding diaryl/α,β-unsaturated/α-hetero) is 1. The van der Waals surface area contributed by atoms with Gasteiger partial charge in [0.25, 0.3) is 0 Å². The number of rotatable bonds is 4. The Bertz CT molecular complexity index is 368. The number of ketones is 1. The first-order chi connectivity index (χ1) is 7.18. The van der Waals surface area contributed by atoms with Crippen molar-refractivity contribution in [2.75, 3.05) is 13.6 Å². The molecule has 0 aliphatic heterocycles. The topological polar surface area (TPSA) is 29.1 Å². The quantitative estimate of drug-likeness (QED) is 0.850. The van der Waals surface area contributed by atoms with Gasteiger partial charge in [0.1, 0.15) is 0 Å². The van der Waals surface area contributed by atoms with Crippen molar-refractivity contribution in [1.29, 1.82) is 0 Å². The summed E-state index contributed by atoms with van der Waals surface area (Å²) >= 11 is 3.37. The molecule has 80 valence electrons. The lowest BCUT2D eigenvalue weighted by molar-refractivity contribution is 0.0900. The Morgan fingerprint density at radius 3 is 2.47 bits per heavy atom. The van der Waals surface area contributed by atoms with E-state index in [0.717, 1.165) is 29.4 Å². The molecule has 0 spiro atoms. The number of carbonyl (C=O) groups is 1. The highest BCUT2D eigenvalue weighted by Gasteiger charge is 2.48. The van der Waals surface area contributed by atoms with Crippen molar-refractivity contribution in [2.24, 2.45) is 5.41 Å². The van der Waals surface area contributed by atoms with Gasteiger partial charge in [-0.15, -0.1) is 0 Å². The Morgan fingerprint density at radius 1 is 1.40 bits per heavy atom. The van der Waals surface area contributed by atoms with Gasteiger partial charge < -0.3 is 5.32 Å². The summed E-state index contributed by atoms with van der Waals surface area (Å²) in [5, 5.41) is 3.10. The smallest absolute Gasteiger partial charge is 0.170 e. The first-order valence-corrected chi connectivity index (χ1v) is 5.92. The molecule has 2 rings (SSSR count). The fourth-order valence-corrected chi connectivity index (χ4v) is 2.15. The van der Waals surface area contributed by atoms with Crippen molar-refractivity contribution < 1.29 is 4.79 Å². The molecule has 1 N–H and O–H groups in total. The van der Waals surface area contributed by atoms with Crippen LogP contribution in [0.4, 0.5) is 0 Å². The summed E-state index contributed by atoms with van der Waals surface area (Å²) in [6, 6.07) is 7.62. The van der Waals surface area contributed by atoms with Gasteiger partial charge in [-0.2, -0.15) is 0 Å². The molecule has 0 saturated heterocycles. The molecule has 0 heterocycles. The minimum absolute atomic E-state index is 0.109. The summed E-state index contributed by atoms with van der Waals surface area (Å²) in [4.78, 5) is 12.2. The lowest BCUT2D eigenvalue weighted by Crippen LogP contribution is -2.27. The monoisotopic (exact) mass is 267 g/mol. The molecule has 1 fully saturated rings. The summed E-state index contributed by atoms with van der Waals surface area (Å²) in [5.41, 5.74) is 0.716. The van der Waals surface area contributed by atoms with Crippen LogP contribution in [0.1, 0.15) is 23.2 Å². The molecule has 1 aliphatic rings. The summed E-state index contributed by atoms with van der Waals surface area (Å²) in [7, 11) is 1.90. The first-order valence-electron chi connectivity index (χ1n) is 5.13. The maximum Gasteiger partial charge on any atom is 0.170 e. The van der Waals surface area contributed by atoms with Crippen LogP contribution < -0.4 is 5.32 Å².